The van der Waals surface area contributed by atoms with Crippen LogP contribution in [0.2, 0.25) is 0 Å². The first-order chi connectivity index (χ1) is 10.8. The Kier molecular flexibility index (Phi) is 4.20. The topological polar surface area (TPSA) is 52.1 Å². The fourth-order valence-corrected chi connectivity index (χ4v) is 1.99. The molecule has 4 heteroatoms. The van der Waals surface area contributed by atoms with Gasteiger partial charge in [0, 0.05) is 12.4 Å². The zero-order chi connectivity index (χ0) is 15.2. The van der Waals surface area contributed by atoms with Crippen molar-refractivity contribution >= 4 is 5.97 Å². The quantitative estimate of drug-likeness (QED) is 0.690. The summed E-state index contributed by atoms with van der Waals surface area (Å²) in [5, 5.41) is 0. The Bertz CT molecular complexity index is 741. The standard InChI is InChI=1S/C18H14N2O2/c21-18(22-13-14-6-2-1-3-7-14)15-9-10-17(20-12-15)16-8-4-5-11-19-16/h1-12H,13H2. The van der Waals surface area contributed by atoms with Crippen molar-refractivity contribution in [2.24, 2.45) is 0 Å². The molecular weight excluding hydrogens is 276 g/mol. The van der Waals surface area contributed by atoms with Crippen molar-refractivity contribution in [3.8, 4) is 11.4 Å². The number of benzene rings is 1. The minimum Gasteiger partial charge on any atom is -0.457 e. The van der Waals surface area contributed by atoms with E-state index in [0.717, 1.165) is 17.0 Å². The number of carbonyl (C=O) groups is 1. The van der Waals surface area contributed by atoms with E-state index in [2.05, 4.69) is 9.97 Å². The zero-order valence-electron chi connectivity index (χ0n) is 11.8. The molecular formula is C18H14N2O2. The first kappa shape index (κ1) is 13.9. The van der Waals surface area contributed by atoms with Crippen molar-refractivity contribution < 1.29 is 9.53 Å². The monoisotopic (exact) mass is 290 g/mol. The van der Waals surface area contributed by atoms with Crippen LogP contribution in [0.3, 0.4) is 0 Å². The molecule has 0 spiro atoms. The van der Waals surface area contributed by atoms with Gasteiger partial charge in [-0.3, -0.25) is 9.97 Å². The van der Waals surface area contributed by atoms with E-state index >= 15 is 0 Å². The summed E-state index contributed by atoms with van der Waals surface area (Å²) in [7, 11) is 0. The molecule has 3 aromatic rings. The van der Waals surface area contributed by atoms with E-state index in [1.54, 1.807) is 18.3 Å². The van der Waals surface area contributed by atoms with Gasteiger partial charge in [-0.1, -0.05) is 36.4 Å². The van der Waals surface area contributed by atoms with Gasteiger partial charge in [0.05, 0.1) is 17.0 Å². The molecule has 2 heterocycles. The Hall–Kier alpha value is -3.01. The van der Waals surface area contributed by atoms with Crippen molar-refractivity contribution in [3.05, 3.63) is 84.2 Å². The maximum absolute atomic E-state index is 12.0. The number of pyridine rings is 2. The average Bonchev–Trinajstić information content (AvgIpc) is 2.61. The van der Waals surface area contributed by atoms with E-state index in [-0.39, 0.29) is 12.6 Å². The first-order valence-electron chi connectivity index (χ1n) is 6.91. The molecule has 0 saturated heterocycles. The third kappa shape index (κ3) is 3.35. The van der Waals surface area contributed by atoms with Crippen molar-refractivity contribution in [1.82, 2.24) is 9.97 Å². The molecule has 0 radical (unpaired) electrons. The van der Waals surface area contributed by atoms with Crippen LogP contribution in [-0.2, 0) is 11.3 Å². The van der Waals surface area contributed by atoms with Crippen molar-refractivity contribution in [2.75, 3.05) is 0 Å². The molecule has 22 heavy (non-hydrogen) atoms. The Morgan fingerprint density at radius 3 is 2.32 bits per heavy atom. The summed E-state index contributed by atoms with van der Waals surface area (Å²) < 4.78 is 5.27. The van der Waals surface area contributed by atoms with Gasteiger partial charge in [0.2, 0.25) is 0 Å². The molecule has 0 fully saturated rings. The van der Waals surface area contributed by atoms with Crippen molar-refractivity contribution in [1.29, 1.82) is 0 Å². The van der Waals surface area contributed by atoms with Gasteiger partial charge in [0.1, 0.15) is 6.61 Å². The Morgan fingerprint density at radius 2 is 1.64 bits per heavy atom. The summed E-state index contributed by atoms with van der Waals surface area (Å²) in [5.74, 6) is -0.385. The van der Waals surface area contributed by atoms with Gasteiger partial charge >= 0.3 is 5.97 Å². The lowest BCUT2D eigenvalue weighted by atomic mass is 10.2. The van der Waals surface area contributed by atoms with E-state index in [1.807, 2.05) is 48.5 Å². The second-order valence-corrected chi connectivity index (χ2v) is 4.71. The van der Waals surface area contributed by atoms with Crippen LogP contribution in [0.5, 0.6) is 0 Å². The van der Waals surface area contributed by atoms with E-state index in [9.17, 15) is 4.79 Å². The number of nitrogens with zero attached hydrogens (tertiary/aromatic N) is 2. The SMILES string of the molecule is O=C(OCc1ccccc1)c1ccc(-c2ccccn2)nc1. The molecule has 0 bridgehead atoms. The normalized spacial score (nSPS) is 10.2. The largest absolute Gasteiger partial charge is 0.457 e. The van der Waals surface area contributed by atoms with Crippen LogP contribution >= 0.6 is 0 Å². The average molecular weight is 290 g/mol. The lowest BCUT2D eigenvalue weighted by Gasteiger charge is -2.05. The molecule has 108 valence electrons. The van der Waals surface area contributed by atoms with E-state index in [0.29, 0.717) is 5.56 Å². The predicted molar refractivity (Wildman–Crippen MR) is 83.0 cm³/mol. The van der Waals surface area contributed by atoms with Crippen LogP contribution in [0.25, 0.3) is 11.4 Å². The van der Waals surface area contributed by atoms with Crippen LogP contribution in [0.4, 0.5) is 0 Å². The number of ether oxygens (including phenoxy) is 1. The first-order valence-corrected chi connectivity index (χ1v) is 6.91. The fourth-order valence-electron chi connectivity index (χ4n) is 1.99. The van der Waals surface area contributed by atoms with Crippen molar-refractivity contribution in [3.63, 3.8) is 0 Å². The molecule has 0 unspecified atom stereocenters. The van der Waals surface area contributed by atoms with Gasteiger partial charge in [-0.05, 0) is 29.8 Å². The molecule has 0 aliphatic rings. The van der Waals surface area contributed by atoms with Crippen LogP contribution in [0, 0.1) is 0 Å². The van der Waals surface area contributed by atoms with Crippen LogP contribution in [0.15, 0.2) is 73.1 Å². The second kappa shape index (κ2) is 6.63. The summed E-state index contributed by atoms with van der Waals surface area (Å²) >= 11 is 0. The number of carbonyl (C=O) groups excluding carboxylic acids is 1. The van der Waals surface area contributed by atoms with E-state index < -0.39 is 0 Å². The molecule has 0 N–H and O–H groups in total. The number of rotatable bonds is 4. The molecule has 1 aromatic carbocycles. The molecule has 4 nitrogen and oxygen atoms in total. The summed E-state index contributed by atoms with van der Waals surface area (Å²) in [6.45, 7) is 0.252. The fraction of sp³-hybridized carbons (Fsp3) is 0.0556. The lowest BCUT2D eigenvalue weighted by Crippen LogP contribution is -2.05. The van der Waals surface area contributed by atoms with Crippen LogP contribution in [-0.4, -0.2) is 15.9 Å². The Balaban J connectivity index is 1.66. The number of aromatic nitrogens is 2. The number of hydrogen-bond donors (Lipinski definition) is 0. The smallest absolute Gasteiger partial charge is 0.340 e. The molecule has 3 rings (SSSR count). The Labute approximate surface area is 128 Å². The minimum atomic E-state index is -0.385. The predicted octanol–water partition coefficient (Wildman–Crippen LogP) is 3.50. The van der Waals surface area contributed by atoms with E-state index in [4.69, 9.17) is 4.74 Å². The number of esters is 1. The van der Waals surface area contributed by atoms with Crippen molar-refractivity contribution in [2.45, 2.75) is 6.61 Å². The third-order valence-electron chi connectivity index (χ3n) is 3.14. The third-order valence-corrected chi connectivity index (χ3v) is 3.14. The Morgan fingerprint density at radius 1 is 0.864 bits per heavy atom. The molecule has 0 atom stereocenters. The van der Waals surface area contributed by atoms with Gasteiger partial charge in [-0.15, -0.1) is 0 Å². The molecule has 0 saturated carbocycles. The maximum Gasteiger partial charge on any atom is 0.340 e. The van der Waals surface area contributed by atoms with Crippen LogP contribution in [0.1, 0.15) is 15.9 Å². The summed E-state index contributed by atoms with van der Waals surface area (Å²) in [4.78, 5) is 20.5. The highest BCUT2D eigenvalue weighted by atomic mass is 16.5. The highest BCUT2D eigenvalue weighted by molar-refractivity contribution is 5.89. The lowest BCUT2D eigenvalue weighted by molar-refractivity contribution is 0.0472. The summed E-state index contributed by atoms with van der Waals surface area (Å²) in [5.41, 5.74) is 2.87. The van der Waals surface area contributed by atoms with Crippen LogP contribution < -0.4 is 0 Å². The van der Waals surface area contributed by atoms with Gasteiger partial charge < -0.3 is 4.74 Å². The van der Waals surface area contributed by atoms with Gasteiger partial charge in [0.15, 0.2) is 0 Å². The van der Waals surface area contributed by atoms with Gasteiger partial charge in [-0.25, -0.2) is 4.79 Å². The summed E-state index contributed by atoms with van der Waals surface area (Å²) in [6.07, 6.45) is 3.22. The molecule has 0 amide bonds. The molecule has 0 aliphatic heterocycles. The molecule has 2 aromatic heterocycles. The minimum absolute atomic E-state index is 0.252. The number of hydrogen-bond acceptors (Lipinski definition) is 4. The molecule has 0 aliphatic carbocycles. The maximum atomic E-state index is 12.0. The van der Waals surface area contributed by atoms with Gasteiger partial charge in [0.25, 0.3) is 0 Å². The van der Waals surface area contributed by atoms with Gasteiger partial charge in [-0.2, -0.15) is 0 Å². The highest BCUT2D eigenvalue weighted by Gasteiger charge is 2.09. The zero-order valence-corrected chi connectivity index (χ0v) is 11.8. The van der Waals surface area contributed by atoms with E-state index in [1.165, 1.54) is 6.20 Å². The second-order valence-electron chi connectivity index (χ2n) is 4.71. The summed E-state index contributed by atoms with van der Waals surface area (Å²) in [6, 6.07) is 18.6. The highest BCUT2D eigenvalue weighted by Crippen LogP contribution is 2.14.